The van der Waals surface area contributed by atoms with Crippen LogP contribution < -0.4 is 11.1 Å². The van der Waals surface area contributed by atoms with E-state index in [2.05, 4.69) is 12.2 Å². The van der Waals surface area contributed by atoms with Crippen LogP contribution in [-0.2, 0) is 6.54 Å². The third-order valence-electron chi connectivity index (χ3n) is 2.23. The molecule has 0 bridgehead atoms. The first kappa shape index (κ1) is 13.1. The number of nitrogens with zero attached hydrogens (tertiary/aromatic N) is 1. The lowest BCUT2D eigenvalue weighted by atomic mass is 10.3. The second-order valence-corrected chi connectivity index (χ2v) is 4.07. The molecule has 0 saturated heterocycles. The number of carbonyl (C=O) groups excluding carboxylic acids is 1. The number of aryl methyl sites for hydroxylation is 1. The van der Waals surface area contributed by atoms with Crippen molar-refractivity contribution in [3.63, 3.8) is 0 Å². The van der Waals surface area contributed by atoms with Gasteiger partial charge in [0.15, 0.2) is 0 Å². The molecule has 16 heavy (non-hydrogen) atoms. The molecule has 5 heteroatoms. The van der Waals surface area contributed by atoms with Crippen LogP contribution in [-0.4, -0.2) is 23.6 Å². The molecule has 1 heterocycles. The van der Waals surface area contributed by atoms with Crippen molar-refractivity contribution in [2.75, 3.05) is 13.1 Å². The maximum absolute atomic E-state index is 11.8. The summed E-state index contributed by atoms with van der Waals surface area (Å²) in [5.74, 6) is -0.0891. The van der Waals surface area contributed by atoms with Crippen molar-refractivity contribution < 1.29 is 4.79 Å². The van der Waals surface area contributed by atoms with Gasteiger partial charge in [-0.05, 0) is 25.5 Å². The number of halogens is 1. The maximum Gasteiger partial charge on any atom is 0.267 e. The lowest BCUT2D eigenvalue weighted by molar-refractivity contribution is 0.0944. The monoisotopic (exact) mass is 243 g/mol. The van der Waals surface area contributed by atoms with Crippen LogP contribution in [0.4, 0.5) is 0 Å². The molecule has 0 radical (unpaired) electrons. The number of carbonyl (C=O) groups is 1. The molecule has 0 fully saturated rings. The number of nitrogens with two attached hydrogens (primary N) is 1. The number of hydrogen-bond acceptors (Lipinski definition) is 2. The smallest absolute Gasteiger partial charge is 0.267 e. The Labute approximate surface area is 101 Å². The highest BCUT2D eigenvalue weighted by molar-refractivity contribution is 6.31. The van der Waals surface area contributed by atoms with Crippen LogP contribution in [0.15, 0.2) is 12.3 Å². The zero-order valence-corrected chi connectivity index (χ0v) is 10.3. The minimum absolute atomic E-state index is 0.0891. The fourth-order valence-corrected chi connectivity index (χ4v) is 1.71. The molecule has 1 rings (SSSR count). The zero-order chi connectivity index (χ0) is 12.0. The largest absolute Gasteiger partial charge is 0.351 e. The Morgan fingerprint density at radius 1 is 1.62 bits per heavy atom. The van der Waals surface area contributed by atoms with E-state index in [4.69, 9.17) is 17.3 Å². The second-order valence-electron chi connectivity index (χ2n) is 3.64. The molecule has 0 spiro atoms. The van der Waals surface area contributed by atoms with Crippen LogP contribution in [0.3, 0.4) is 0 Å². The number of nitrogens with one attached hydrogen (secondary N) is 1. The third-order valence-corrected chi connectivity index (χ3v) is 2.43. The molecule has 90 valence electrons. The molecule has 0 unspecified atom stereocenters. The van der Waals surface area contributed by atoms with E-state index in [1.807, 2.05) is 4.57 Å². The predicted octanol–water partition coefficient (Wildman–Crippen LogP) is 1.63. The standard InChI is InChI=1S/C11H18ClN3O/c1-2-6-15-8-9(12)7-10(15)11(16)14-5-3-4-13/h7-8H,2-6,13H2,1H3,(H,14,16). The fourth-order valence-electron chi connectivity index (χ4n) is 1.49. The Hall–Kier alpha value is -1.00. The summed E-state index contributed by atoms with van der Waals surface area (Å²) in [5.41, 5.74) is 5.97. The van der Waals surface area contributed by atoms with E-state index >= 15 is 0 Å². The van der Waals surface area contributed by atoms with Gasteiger partial charge in [0.25, 0.3) is 5.91 Å². The van der Waals surface area contributed by atoms with Gasteiger partial charge in [-0.2, -0.15) is 0 Å². The van der Waals surface area contributed by atoms with Crippen LogP contribution >= 0.6 is 11.6 Å². The first-order valence-electron chi connectivity index (χ1n) is 5.53. The maximum atomic E-state index is 11.8. The van der Waals surface area contributed by atoms with Crippen LogP contribution in [0.25, 0.3) is 0 Å². The van der Waals surface area contributed by atoms with Gasteiger partial charge in [0.2, 0.25) is 0 Å². The zero-order valence-electron chi connectivity index (χ0n) is 9.50. The normalized spacial score (nSPS) is 10.4. The van der Waals surface area contributed by atoms with Gasteiger partial charge in [0.05, 0.1) is 5.02 Å². The van der Waals surface area contributed by atoms with Crippen molar-refractivity contribution in [1.82, 2.24) is 9.88 Å². The van der Waals surface area contributed by atoms with Gasteiger partial charge in [0.1, 0.15) is 5.69 Å². The van der Waals surface area contributed by atoms with E-state index in [1.54, 1.807) is 12.3 Å². The van der Waals surface area contributed by atoms with E-state index in [0.717, 1.165) is 19.4 Å². The summed E-state index contributed by atoms with van der Waals surface area (Å²) in [6.07, 6.45) is 3.53. The third kappa shape index (κ3) is 3.54. The summed E-state index contributed by atoms with van der Waals surface area (Å²) in [5, 5.41) is 3.41. The molecular weight excluding hydrogens is 226 g/mol. The van der Waals surface area contributed by atoms with Crippen LogP contribution in [0, 0.1) is 0 Å². The molecule has 0 aliphatic rings. The molecule has 1 aromatic rings. The Kier molecular flexibility index (Phi) is 5.35. The first-order valence-corrected chi connectivity index (χ1v) is 5.90. The van der Waals surface area contributed by atoms with Crippen molar-refractivity contribution >= 4 is 17.5 Å². The summed E-state index contributed by atoms with van der Waals surface area (Å²) < 4.78 is 1.88. The van der Waals surface area contributed by atoms with E-state index in [-0.39, 0.29) is 5.91 Å². The first-order chi connectivity index (χ1) is 7.69. The highest BCUT2D eigenvalue weighted by Crippen LogP contribution is 2.14. The van der Waals surface area contributed by atoms with Gasteiger partial charge < -0.3 is 15.6 Å². The number of rotatable bonds is 6. The van der Waals surface area contributed by atoms with Gasteiger partial charge in [-0.15, -0.1) is 0 Å². The van der Waals surface area contributed by atoms with Crippen molar-refractivity contribution in [3.8, 4) is 0 Å². The SMILES string of the molecule is CCCn1cc(Cl)cc1C(=O)NCCCN. The van der Waals surface area contributed by atoms with Gasteiger partial charge >= 0.3 is 0 Å². The van der Waals surface area contributed by atoms with Crippen LogP contribution in [0.2, 0.25) is 5.02 Å². The summed E-state index contributed by atoms with van der Waals surface area (Å²) >= 11 is 5.89. The molecule has 0 aliphatic heterocycles. The van der Waals surface area contributed by atoms with Crippen molar-refractivity contribution in [3.05, 3.63) is 23.0 Å². The summed E-state index contributed by atoms with van der Waals surface area (Å²) in [6.45, 7) is 4.04. The highest BCUT2D eigenvalue weighted by Gasteiger charge is 2.11. The molecule has 0 atom stereocenters. The molecule has 0 aliphatic carbocycles. The minimum Gasteiger partial charge on any atom is -0.351 e. The number of amides is 1. The predicted molar refractivity (Wildman–Crippen MR) is 65.7 cm³/mol. The number of aromatic nitrogens is 1. The van der Waals surface area contributed by atoms with E-state index in [0.29, 0.717) is 23.8 Å². The average molecular weight is 244 g/mol. The summed E-state index contributed by atoms with van der Waals surface area (Å²) in [6, 6.07) is 1.69. The van der Waals surface area contributed by atoms with Crippen LogP contribution in [0.1, 0.15) is 30.3 Å². The molecule has 0 aromatic carbocycles. The lowest BCUT2D eigenvalue weighted by Crippen LogP contribution is -2.27. The van der Waals surface area contributed by atoms with Gasteiger partial charge in [0, 0.05) is 19.3 Å². The minimum atomic E-state index is -0.0891. The van der Waals surface area contributed by atoms with Crippen molar-refractivity contribution in [2.24, 2.45) is 5.73 Å². The Morgan fingerprint density at radius 2 is 2.38 bits per heavy atom. The van der Waals surface area contributed by atoms with E-state index < -0.39 is 0 Å². The van der Waals surface area contributed by atoms with Gasteiger partial charge in [-0.25, -0.2) is 0 Å². The summed E-state index contributed by atoms with van der Waals surface area (Å²) in [4.78, 5) is 11.8. The Morgan fingerprint density at radius 3 is 3.00 bits per heavy atom. The molecule has 1 amide bonds. The summed E-state index contributed by atoms with van der Waals surface area (Å²) in [7, 11) is 0. The molecule has 3 N–H and O–H groups in total. The Balaban J connectivity index is 2.66. The second kappa shape index (κ2) is 6.55. The van der Waals surface area contributed by atoms with Gasteiger partial charge in [-0.1, -0.05) is 18.5 Å². The molecular formula is C11H18ClN3O. The quantitative estimate of drug-likeness (QED) is 0.746. The average Bonchev–Trinajstić information content (AvgIpc) is 2.60. The van der Waals surface area contributed by atoms with Crippen molar-refractivity contribution in [2.45, 2.75) is 26.3 Å². The fraction of sp³-hybridized carbons (Fsp3) is 0.545. The molecule has 1 aromatic heterocycles. The molecule has 4 nitrogen and oxygen atoms in total. The number of hydrogen-bond donors (Lipinski definition) is 2. The van der Waals surface area contributed by atoms with Crippen LogP contribution in [0.5, 0.6) is 0 Å². The van der Waals surface area contributed by atoms with E-state index in [1.165, 1.54) is 0 Å². The van der Waals surface area contributed by atoms with E-state index in [9.17, 15) is 4.79 Å². The Bertz CT molecular complexity index is 349. The van der Waals surface area contributed by atoms with Crippen molar-refractivity contribution in [1.29, 1.82) is 0 Å². The highest BCUT2D eigenvalue weighted by atomic mass is 35.5. The van der Waals surface area contributed by atoms with Gasteiger partial charge in [-0.3, -0.25) is 4.79 Å². The lowest BCUT2D eigenvalue weighted by Gasteiger charge is -2.07. The molecule has 0 saturated carbocycles. The topological polar surface area (TPSA) is 60.0 Å².